The Balaban J connectivity index is 1.88. The van der Waals surface area contributed by atoms with Crippen LogP contribution in [0, 0.1) is 0 Å². The summed E-state index contributed by atoms with van der Waals surface area (Å²) in [6.07, 6.45) is 0. The molecule has 4 rings (SSSR count). The van der Waals surface area contributed by atoms with Crippen LogP contribution >= 0.6 is 0 Å². The first kappa shape index (κ1) is 13.6. The van der Waals surface area contributed by atoms with Gasteiger partial charge in [-0.05, 0) is 11.6 Å². The highest BCUT2D eigenvalue weighted by Gasteiger charge is 2.42. The Kier molecular flexibility index (Phi) is 2.94. The number of amides is 1. The molecular weight excluding hydrogens is 290 g/mol. The number of benzene rings is 2. The molecule has 5 heteroatoms. The van der Waals surface area contributed by atoms with Crippen LogP contribution in [0.4, 0.5) is 5.69 Å². The standard InChI is InChI=1S/C18H13N3O2/c1-10(22)19-13-9-5-8-12-14(13)18(23)15-16(20-21-17(12)15)11-6-3-2-4-7-11/h2-9,17H,1H3,(H,19,22). The Morgan fingerprint density at radius 3 is 2.61 bits per heavy atom. The van der Waals surface area contributed by atoms with Crippen LogP contribution in [0.5, 0.6) is 0 Å². The van der Waals surface area contributed by atoms with Crippen molar-refractivity contribution in [1.82, 2.24) is 0 Å². The highest BCUT2D eigenvalue weighted by atomic mass is 16.1. The van der Waals surface area contributed by atoms with Crippen molar-refractivity contribution in [2.45, 2.75) is 13.0 Å². The minimum Gasteiger partial charge on any atom is -0.326 e. The van der Waals surface area contributed by atoms with Crippen molar-refractivity contribution < 1.29 is 9.59 Å². The zero-order chi connectivity index (χ0) is 16.0. The second kappa shape index (κ2) is 4.98. The van der Waals surface area contributed by atoms with Crippen LogP contribution in [0.25, 0.3) is 5.70 Å². The molecule has 1 aliphatic heterocycles. The van der Waals surface area contributed by atoms with Crippen LogP contribution < -0.4 is 5.32 Å². The van der Waals surface area contributed by atoms with Crippen LogP contribution in [0.2, 0.25) is 0 Å². The molecule has 1 atom stereocenters. The average molecular weight is 303 g/mol. The fourth-order valence-electron chi connectivity index (χ4n) is 3.10. The minimum atomic E-state index is -0.374. The summed E-state index contributed by atoms with van der Waals surface area (Å²) in [4.78, 5) is 24.3. The number of nitrogens with one attached hydrogen (secondary N) is 1. The lowest BCUT2D eigenvalue weighted by molar-refractivity contribution is -0.114. The van der Waals surface area contributed by atoms with Gasteiger partial charge in [0.15, 0.2) is 5.78 Å². The maximum Gasteiger partial charge on any atom is 0.221 e. The van der Waals surface area contributed by atoms with E-state index in [1.165, 1.54) is 6.92 Å². The normalized spacial score (nSPS) is 18.1. The lowest BCUT2D eigenvalue weighted by Gasteiger charge is -2.07. The van der Waals surface area contributed by atoms with Gasteiger partial charge >= 0.3 is 0 Å². The molecule has 1 amide bonds. The number of ketones is 1. The van der Waals surface area contributed by atoms with E-state index in [2.05, 4.69) is 15.5 Å². The third kappa shape index (κ3) is 2.01. The summed E-state index contributed by atoms with van der Waals surface area (Å²) < 4.78 is 0. The number of hydrogen-bond acceptors (Lipinski definition) is 4. The SMILES string of the molecule is CC(=O)Nc1cccc2c1C(=O)C1=C(c3ccccc3)N=NC12. The molecule has 0 radical (unpaired) electrons. The summed E-state index contributed by atoms with van der Waals surface area (Å²) in [6.45, 7) is 1.42. The van der Waals surface area contributed by atoms with E-state index < -0.39 is 0 Å². The zero-order valence-electron chi connectivity index (χ0n) is 12.4. The summed E-state index contributed by atoms with van der Waals surface area (Å²) in [6, 6.07) is 14.6. The molecule has 0 saturated heterocycles. The molecule has 0 bridgehead atoms. The predicted molar refractivity (Wildman–Crippen MR) is 86.0 cm³/mol. The molecule has 1 N–H and O–H groups in total. The van der Waals surface area contributed by atoms with E-state index in [9.17, 15) is 9.59 Å². The van der Waals surface area contributed by atoms with Crippen molar-refractivity contribution in [3.05, 3.63) is 70.8 Å². The summed E-state index contributed by atoms with van der Waals surface area (Å²) in [5.74, 6) is -0.319. The molecule has 0 aromatic heterocycles. The maximum absolute atomic E-state index is 12.9. The smallest absolute Gasteiger partial charge is 0.221 e. The van der Waals surface area contributed by atoms with Gasteiger partial charge in [0.2, 0.25) is 5.91 Å². The molecule has 5 nitrogen and oxygen atoms in total. The largest absolute Gasteiger partial charge is 0.326 e. The van der Waals surface area contributed by atoms with Crippen molar-refractivity contribution in [3.63, 3.8) is 0 Å². The van der Waals surface area contributed by atoms with Gasteiger partial charge in [0.1, 0.15) is 11.7 Å². The third-order valence-electron chi connectivity index (χ3n) is 4.02. The highest BCUT2D eigenvalue weighted by molar-refractivity contribution is 6.22. The fraction of sp³-hybridized carbons (Fsp3) is 0.111. The molecule has 1 aliphatic carbocycles. The van der Waals surface area contributed by atoms with E-state index in [-0.39, 0.29) is 17.7 Å². The van der Waals surface area contributed by atoms with Crippen LogP contribution in [-0.2, 0) is 4.79 Å². The summed E-state index contributed by atoms with van der Waals surface area (Å²) >= 11 is 0. The predicted octanol–water partition coefficient (Wildman–Crippen LogP) is 3.76. The quantitative estimate of drug-likeness (QED) is 0.917. The van der Waals surface area contributed by atoms with E-state index >= 15 is 0 Å². The number of hydrogen-bond donors (Lipinski definition) is 1. The number of rotatable bonds is 2. The molecule has 0 spiro atoms. The van der Waals surface area contributed by atoms with Gasteiger partial charge in [-0.1, -0.05) is 42.5 Å². The van der Waals surface area contributed by atoms with Crippen LogP contribution in [0.3, 0.4) is 0 Å². The van der Waals surface area contributed by atoms with Crippen molar-refractivity contribution in [2.75, 3.05) is 5.32 Å². The van der Waals surface area contributed by atoms with E-state index in [1.807, 2.05) is 42.5 Å². The molecule has 2 aliphatic rings. The van der Waals surface area contributed by atoms with Gasteiger partial charge in [-0.25, -0.2) is 0 Å². The van der Waals surface area contributed by atoms with Crippen molar-refractivity contribution >= 4 is 23.1 Å². The van der Waals surface area contributed by atoms with Gasteiger partial charge in [-0.2, -0.15) is 10.2 Å². The van der Waals surface area contributed by atoms with Gasteiger partial charge in [0, 0.05) is 12.5 Å². The molecule has 2 aromatic rings. The van der Waals surface area contributed by atoms with Gasteiger partial charge < -0.3 is 5.32 Å². The first-order chi connectivity index (χ1) is 11.2. The third-order valence-corrected chi connectivity index (χ3v) is 4.02. The number of carbonyl (C=O) groups is 2. The molecule has 2 aromatic carbocycles. The van der Waals surface area contributed by atoms with Crippen molar-refractivity contribution in [3.8, 4) is 0 Å². The average Bonchev–Trinajstić information content (AvgIpc) is 3.09. The molecule has 1 unspecified atom stereocenters. The minimum absolute atomic E-state index is 0.113. The van der Waals surface area contributed by atoms with E-state index in [4.69, 9.17) is 0 Å². The second-order valence-electron chi connectivity index (χ2n) is 5.53. The Labute approximate surface area is 132 Å². The lowest BCUT2D eigenvalue weighted by atomic mass is 10.0. The number of carbonyl (C=O) groups excluding carboxylic acids is 2. The number of azo groups is 1. The van der Waals surface area contributed by atoms with Crippen LogP contribution in [0.1, 0.15) is 34.5 Å². The van der Waals surface area contributed by atoms with E-state index in [0.29, 0.717) is 22.5 Å². The van der Waals surface area contributed by atoms with Crippen LogP contribution in [0.15, 0.2) is 64.3 Å². The monoisotopic (exact) mass is 303 g/mol. The lowest BCUT2D eigenvalue weighted by Crippen LogP contribution is -2.10. The topological polar surface area (TPSA) is 70.9 Å². The van der Waals surface area contributed by atoms with Crippen molar-refractivity contribution in [1.29, 1.82) is 0 Å². The summed E-state index contributed by atoms with van der Waals surface area (Å²) in [7, 11) is 0. The molecule has 23 heavy (non-hydrogen) atoms. The van der Waals surface area contributed by atoms with Gasteiger partial charge in [0.25, 0.3) is 0 Å². The van der Waals surface area contributed by atoms with Gasteiger partial charge in [-0.15, -0.1) is 0 Å². The number of fused-ring (bicyclic) bond motifs is 3. The molecular formula is C18H13N3O2. The van der Waals surface area contributed by atoms with E-state index in [0.717, 1.165) is 11.1 Å². The fourth-order valence-corrected chi connectivity index (χ4v) is 3.10. The molecule has 112 valence electrons. The number of Topliss-reactive ketones (excluding diaryl/α,β-unsaturated/α-hetero) is 1. The highest BCUT2D eigenvalue weighted by Crippen LogP contribution is 2.48. The first-order valence-corrected chi connectivity index (χ1v) is 7.32. The Bertz CT molecular complexity index is 898. The second-order valence-corrected chi connectivity index (χ2v) is 5.53. The Morgan fingerprint density at radius 2 is 1.87 bits per heavy atom. The zero-order valence-corrected chi connectivity index (χ0v) is 12.4. The molecule has 1 heterocycles. The first-order valence-electron chi connectivity index (χ1n) is 7.32. The van der Waals surface area contributed by atoms with Crippen LogP contribution in [-0.4, -0.2) is 11.7 Å². The Morgan fingerprint density at radius 1 is 1.09 bits per heavy atom. The molecule has 0 fully saturated rings. The summed E-state index contributed by atoms with van der Waals surface area (Å²) in [5.41, 5.74) is 3.93. The number of nitrogens with zero attached hydrogens (tertiary/aromatic N) is 2. The molecule has 0 saturated carbocycles. The Hall–Kier alpha value is -3.08. The van der Waals surface area contributed by atoms with Gasteiger partial charge in [-0.3, -0.25) is 9.59 Å². The maximum atomic E-state index is 12.9. The number of anilines is 1. The van der Waals surface area contributed by atoms with Gasteiger partial charge in [0.05, 0.1) is 16.8 Å². The van der Waals surface area contributed by atoms with Crippen molar-refractivity contribution in [2.24, 2.45) is 10.2 Å². The summed E-state index contributed by atoms with van der Waals surface area (Å²) in [5, 5.41) is 11.2. The van der Waals surface area contributed by atoms with E-state index in [1.54, 1.807) is 6.07 Å².